The zero-order valence-electron chi connectivity index (χ0n) is 19.4. The van der Waals surface area contributed by atoms with E-state index in [0.717, 1.165) is 55.0 Å². The maximum atomic E-state index is 6.55. The predicted molar refractivity (Wildman–Crippen MR) is 125 cm³/mol. The fraction of sp³-hybridized carbons (Fsp3) is 0.542. The minimum absolute atomic E-state index is 0.0451. The number of aromatic nitrogens is 4. The van der Waals surface area contributed by atoms with Crippen molar-refractivity contribution < 1.29 is 9.16 Å². The van der Waals surface area contributed by atoms with Gasteiger partial charge >= 0.3 is 0 Å². The smallest absolute Gasteiger partial charge is 0.192 e. The van der Waals surface area contributed by atoms with E-state index in [1.165, 1.54) is 5.56 Å². The van der Waals surface area contributed by atoms with Gasteiger partial charge < -0.3 is 9.16 Å². The third-order valence-corrected chi connectivity index (χ3v) is 11.1. The van der Waals surface area contributed by atoms with E-state index in [-0.39, 0.29) is 11.3 Å². The summed E-state index contributed by atoms with van der Waals surface area (Å²) in [5.74, 6) is 0.890. The highest BCUT2D eigenvalue weighted by Crippen LogP contribution is 2.37. The van der Waals surface area contributed by atoms with Crippen LogP contribution in [0.25, 0.3) is 11.2 Å². The van der Waals surface area contributed by atoms with Gasteiger partial charge in [0.05, 0.1) is 12.3 Å². The lowest BCUT2D eigenvalue weighted by atomic mass is 10.1. The Bertz CT molecular complexity index is 1020. The van der Waals surface area contributed by atoms with Crippen LogP contribution in [0.15, 0.2) is 36.7 Å². The van der Waals surface area contributed by atoms with Crippen LogP contribution in [0.3, 0.4) is 0 Å². The maximum absolute atomic E-state index is 6.55. The van der Waals surface area contributed by atoms with E-state index in [2.05, 4.69) is 72.7 Å². The summed E-state index contributed by atoms with van der Waals surface area (Å²) in [4.78, 5) is 14.3. The summed E-state index contributed by atoms with van der Waals surface area (Å²) >= 11 is 0. The van der Waals surface area contributed by atoms with Gasteiger partial charge in [-0.2, -0.15) is 0 Å². The highest BCUT2D eigenvalue weighted by Gasteiger charge is 2.38. The normalized spacial score (nSPS) is 17.9. The lowest BCUT2D eigenvalue weighted by Gasteiger charge is -2.36. The largest absolute Gasteiger partial charge is 0.409 e. The molecule has 166 valence electrons. The van der Waals surface area contributed by atoms with Crippen LogP contribution in [-0.2, 0) is 22.2 Å². The van der Waals surface area contributed by atoms with Crippen LogP contribution in [0.5, 0.6) is 0 Å². The zero-order chi connectivity index (χ0) is 22.1. The standard InChI is InChI=1S/C24H34N4O2Si/c1-24(2,3)31(4,5)30-16-20-27-22-19(15-18-11-7-6-8-12-18)25-17-26-23(22)28(20)21-13-9-10-14-29-21/h6-8,11-12,17,21H,9-10,13-16H2,1-5H3. The Balaban J connectivity index is 1.73. The minimum Gasteiger partial charge on any atom is -0.409 e. The zero-order valence-corrected chi connectivity index (χ0v) is 20.4. The molecule has 1 atom stereocenters. The Hall–Kier alpha value is -2.09. The first-order valence-electron chi connectivity index (χ1n) is 11.3. The van der Waals surface area contributed by atoms with Gasteiger partial charge in [-0.3, -0.25) is 4.57 Å². The van der Waals surface area contributed by atoms with Crippen molar-refractivity contribution in [2.24, 2.45) is 0 Å². The Morgan fingerprint density at radius 2 is 1.90 bits per heavy atom. The summed E-state index contributed by atoms with van der Waals surface area (Å²) < 4.78 is 14.9. The van der Waals surface area contributed by atoms with Crippen LogP contribution in [-0.4, -0.2) is 34.4 Å². The first-order chi connectivity index (χ1) is 14.8. The third-order valence-electron chi connectivity index (χ3n) is 6.65. The molecule has 1 fully saturated rings. The SMILES string of the molecule is CC(C)(C)[Si](C)(C)OCc1nc2c(Cc3ccccc3)ncnc2n1C1CCCCO1. The highest BCUT2D eigenvalue weighted by molar-refractivity contribution is 6.74. The molecule has 3 heterocycles. The quantitative estimate of drug-likeness (QED) is 0.466. The summed E-state index contributed by atoms with van der Waals surface area (Å²) in [6.07, 6.45) is 5.56. The van der Waals surface area contributed by atoms with E-state index in [1.54, 1.807) is 6.33 Å². The average molecular weight is 439 g/mol. The summed E-state index contributed by atoms with van der Waals surface area (Å²) in [6.45, 7) is 12.6. The van der Waals surface area contributed by atoms with E-state index < -0.39 is 8.32 Å². The number of nitrogens with zero attached hydrogens (tertiary/aromatic N) is 4. The van der Waals surface area contributed by atoms with Crippen LogP contribution in [0.1, 0.15) is 63.3 Å². The molecular weight excluding hydrogens is 404 g/mol. The first-order valence-corrected chi connectivity index (χ1v) is 14.2. The van der Waals surface area contributed by atoms with Gasteiger partial charge in [-0.1, -0.05) is 51.1 Å². The molecule has 0 aliphatic carbocycles. The van der Waals surface area contributed by atoms with Gasteiger partial charge in [-0.25, -0.2) is 15.0 Å². The number of imidazole rings is 1. The van der Waals surface area contributed by atoms with E-state index >= 15 is 0 Å². The van der Waals surface area contributed by atoms with E-state index in [9.17, 15) is 0 Å². The minimum atomic E-state index is -1.91. The molecule has 31 heavy (non-hydrogen) atoms. The van der Waals surface area contributed by atoms with Crippen LogP contribution in [0.2, 0.25) is 18.1 Å². The number of ether oxygens (including phenoxy) is 1. The molecule has 0 radical (unpaired) electrons. The Morgan fingerprint density at radius 1 is 1.13 bits per heavy atom. The third kappa shape index (κ3) is 4.73. The molecule has 1 aliphatic rings. The van der Waals surface area contributed by atoms with Crippen molar-refractivity contribution in [3.05, 3.63) is 53.7 Å². The Kier molecular flexibility index (Phi) is 6.28. The van der Waals surface area contributed by atoms with Crippen LogP contribution in [0, 0.1) is 0 Å². The number of fused-ring (bicyclic) bond motifs is 1. The molecule has 1 saturated heterocycles. The van der Waals surface area contributed by atoms with E-state index in [0.29, 0.717) is 6.61 Å². The second-order valence-corrected chi connectivity index (χ2v) is 14.7. The van der Waals surface area contributed by atoms with Crippen molar-refractivity contribution >= 4 is 19.5 Å². The topological polar surface area (TPSA) is 62.1 Å². The first kappa shape index (κ1) is 22.1. The maximum Gasteiger partial charge on any atom is 0.192 e. The summed E-state index contributed by atoms with van der Waals surface area (Å²) in [7, 11) is -1.91. The fourth-order valence-corrected chi connectivity index (χ4v) is 4.64. The summed E-state index contributed by atoms with van der Waals surface area (Å²) in [5, 5.41) is 0.142. The molecule has 0 bridgehead atoms. The Morgan fingerprint density at radius 3 is 2.58 bits per heavy atom. The predicted octanol–water partition coefficient (Wildman–Crippen LogP) is 5.64. The van der Waals surface area contributed by atoms with Crippen molar-refractivity contribution in [3.63, 3.8) is 0 Å². The molecule has 0 N–H and O–H groups in total. The van der Waals surface area contributed by atoms with E-state index in [1.807, 2.05) is 6.07 Å². The van der Waals surface area contributed by atoms with Crippen molar-refractivity contribution in [1.82, 2.24) is 19.5 Å². The Labute approximate surface area is 186 Å². The van der Waals surface area contributed by atoms with Crippen LogP contribution >= 0.6 is 0 Å². The van der Waals surface area contributed by atoms with Gasteiger partial charge in [0, 0.05) is 13.0 Å². The fourth-order valence-electron chi connectivity index (χ4n) is 3.71. The summed E-state index contributed by atoms with van der Waals surface area (Å²) in [6, 6.07) is 10.4. The molecule has 1 unspecified atom stereocenters. The lowest BCUT2D eigenvalue weighted by Crippen LogP contribution is -2.40. The molecule has 0 amide bonds. The number of hydrogen-bond acceptors (Lipinski definition) is 5. The van der Waals surface area contributed by atoms with Crippen molar-refractivity contribution in [3.8, 4) is 0 Å². The van der Waals surface area contributed by atoms with Crippen molar-refractivity contribution in [2.45, 2.75) is 77.4 Å². The molecular formula is C24H34N4O2Si. The number of rotatable bonds is 6. The van der Waals surface area contributed by atoms with Crippen molar-refractivity contribution in [1.29, 1.82) is 0 Å². The molecule has 1 aromatic carbocycles. The monoisotopic (exact) mass is 438 g/mol. The molecule has 1 aliphatic heterocycles. The average Bonchev–Trinajstić information content (AvgIpc) is 3.12. The van der Waals surface area contributed by atoms with Gasteiger partial charge in [0.1, 0.15) is 23.9 Å². The lowest BCUT2D eigenvalue weighted by molar-refractivity contribution is -0.0327. The van der Waals surface area contributed by atoms with E-state index in [4.69, 9.17) is 14.1 Å². The number of hydrogen-bond donors (Lipinski definition) is 0. The van der Waals surface area contributed by atoms with Crippen LogP contribution in [0.4, 0.5) is 0 Å². The highest BCUT2D eigenvalue weighted by atomic mass is 28.4. The second-order valence-electron chi connectivity index (χ2n) is 9.92. The molecule has 2 aromatic heterocycles. The molecule has 0 spiro atoms. The molecule has 0 saturated carbocycles. The van der Waals surface area contributed by atoms with Gasteiger partial charge in [0.15, 0.2) is 14.0 Å². The summed E-state index contributed by atoms with van der Waals surface area (Å²) in [5.41, 5.74) is 3.86. The molecule has 7 heteroatoms. The number of benzene rings is 1. The van der Waals surface area contributed by atoms with Gasteiger partial charge in [-0.05, 0) is 43.0 Å². The van der Waals surface area contributed by atoms with Crippen molar-refractivity contribution in [2.75, 3.05) is 6.61 Å². The van der Waals surface area contributed by atoms with Gasteiger partial charge in [0.25, 0.3) is 0 Å². The second kappa shape index (κ2) is 8.80. The van der Waals surface area contributed by atoms with Crippen LogP contribution < -0.4 is 0 Å². The molecule has 6 nitrogen and oxygen atoms in total. The molecule has 3 aromatic rings. The van der Waals surface area contributed by atoms with Gasteiger partial charge in [0.2, 0.25) is 0 Å². The van der Waals surface area contributed by atoms with Gasteiger partial charge in [-0.15, -0.1) is 0 Å². The molecule has 4 rings (SSSR count).